The lowest BCUT2D eigenvalue weighted by molar-refractivity contribution is 0.195. The maximum absolute atomic E-state index is 12.3. The predicted octanol–water partition coefficient (Wildman–Crippen LogP) is 5.14. The quantitative estimate of drug-likeness (QED) is 0.433. The van der Waals surface area contributed by atoms with E-state index in [1.807, 2.05) is 0 Å². The first kappa shape index (κ1) is 18.1. The number of nitrogens with one attached hydrogen (secondary N) is 1. The maximum atomic E-state index is 12.3. The molecule has 5 nitrogen and oxygen atoms in total. The summed E-state index contributed by atoms with van der Waals surface area (Å²) in [7, 11) is 0. The molecule has 0 fully saturated rings. The van der Waals surface area contributed by atoms with Crippen molar-refractivity contribution in [3.63, 3.8) is 0 Å². The van der Waals surface area contributed by atoms with Crippen molar-refractivity contribution < 1.29 is 15.0 Å². The fourth-order valence-electron chi connectivity index (χ4n) is 1.89. The Morgan fingerprint density at radius 1 is 1.22 bits per heavy atom. The van der Waals surface area contributed by atoms with Gasteiger partial charge in [-0.1, -0.05) is 23.2 Å². The number of halogens is 3. The maximum Gasteiger partial charge on any atom is 0.335 e. The van der Waals surface area contributed by atoms with Crippen LogP contribution in [0.4, 0.5) is 16.2 Å². The molecule has 0 aliphatic carbocycles. The van der Waals surface area contributed by atoms with Gasteiger partial charge in [-0.05, 0) is 43.3 Å². The molecule has 0 aromatic heterocycles. The minimum absolute atomic E-state index is 0.181. The van der Waals surface area contributed by atoms with E-state index in [0.717, 1.165) is 0 Å². The number of aromatic hydroxyl groups is 1. The van der Waals surface area contributed by atoms with E-state index in [1.165, 1.54) is 22.2 Å². The van der Waals surface area contributed by atoms with Gasteiger partial charge in [-0.25, -0.2) is 7.91 Å². The Morgan fingerprint density at radius 2 is 1.83 bits per heavy atom. The van der Waals surface area contributed by atoms with Crippen LogP contribution in [0, 0.1) is 0 Å². The summed E-state index contributed by atoms with van der Waals surface area (Å²) in [5.41, 5.74) is 0.979. The van der Waals surface area contributed by atoms with Gasteiger partial charge >= 0.3 is 6.03 Å². The molecule has 0 saturated carbocycles. The second-order valence-corrected chi connectivity index (χ2v) is 6.59. The number of hydrogen-bond donors (Lipinski definition) is 3. The molecule has 2 amide bonds. The Kier molecular flexibility index (Phi) is 5.96. The van der Waals surface area contributed by atoms with Crippen LogP contribution in [0.2, 0.25) is 10.0 Å². The molecule has 2 rings (SSSR count). The molecule has 0 aliphatic heterocycles. The number of hydrogen-bond acceptors (Lipinski definition) is 3. The van der Waals surface area contributed by atoms with Gasteiger partial charge in [-0.3, -0.25) is 0 Å². The highest BCUT2D eigenvalue weighted by Gasteiger charge is 2.21. The average molecular weight is 467 g/mol. The largest absolute Gasteiger partial charge is 0.505 e. The fraction of sp³-hybridized carbons (Fsp3) is 0.133. The number of amides is 2. The minimum Gasteiger partial charge on any atom is -0.505 e. The summed E-state index contributed by atoms with van der Waals surface area (Å²) in [6.45, 7) is 1.50. The van der Waals surface area contributed by atoms with E-state index >= 15 is 0 Å². The summed E-state index contributed by atoms with van der Waals surface area (Å²) in [5, 5.41) is 23.5. The van der Waals surface area contributed by atoms with E-state index in [4.69, 9.17) is 23.2 Å². The molecule has 0 radical (unpaired) electrons. The van der Waals surface area contributed by atoms with Crippen LogP contribution < -0.4 is 8.43 Å². The molecule has 3 N–H and O–H groups in total. The lowest BCUT2D eigenvalue weighted by atomic mass is 10.1. The van der Waals surface area contributed by atoms with Gasteiger partial charge in [-0.2, -0.15) is 0 Å². The number of aliphatic hydroxyl groups excluding tert-OH is 1. The van der Waals surface area contributed by atoms with Crippen molar-refractivity contribution in [3.8, 4) is 5.75 Å². The van der Waals surface area contributed by atoms with Gasteiger partial charge in [0.1, 0.15) is 5.75 Å². The first-order valence-electron chi connectivity index (χ1n) is 6.52. The third kappa shape index (κ3) is 4.41. The van der Waals surface area contributed by atoms with Crippen molar-refractivity contribution in [3.05, 3.63) is 52.0 Å². The van der Waals surface area contributed by atoms with Gasteiger partial charge in [0.05, 0.1) is 34.7 Å². The summed E-state index contributed by atoms with van der Waals surface area (Å²) in [6, 6.07) is 9.02. The molecular weight excluding hydrogens is 454 g/mol. The normalized spacial score (nSPS) is 11.9. The Balaban J connectivity index is 2.27. The molecule has 2 aromatic rings. The van der Waals surface area contributed by atoms with E-state index in [9.17, 15) is 15.0 Å². The van der Waals surface area contributed by atoms with Crippen molar-refractivity contribution in [2.24, 2.45) is 0 Å². The van der Waals surface area contributed by atoms with Crippen LogP contribution in [0.15, 0.2) is 36.4 Å². The van der Waals surface area contributed by atoms with E-state index in [2.05, 4.69) is 5.32 Å². The molecular formula is C15H13Cl2IN2O3. The topological polar surface area (TPSA) is 72.8 Å². The zero-order valence-electron chi connectivity index (χ0n) is 11.9. The summed E-state index contributed by atoms with van der Waals surface area (Å²) < 4.78 is 1.18. The average Bonchev–Trinajstić information content (AvgIpc) is 2.50. The molecule has 0 heterocycles. The van der Waals surface area contributed by atoms with E-state index in [1.54, 1.807) is 47.1 Å². The Labute approximate surface area is 157 Å². The van der Waals surface area contributed by atoms with Gasteiger partial charge in [0.15, 0.2) is 0 Å². The number of phenolic OH excluding ortho intramolecular Hbond substituents is 1. The highest BCUT2D eigenvalue weighted by Crippen LogP contribution is 2.39. The smallest absolute Gasteiger partial charge is 0.335 e. The molecule has 1 atom stereocenters. The molecule has 122 valence electrons. The van der Waals surface area contributed by atoms with Crippen LogP contribution in [0.3, 0.4) is 0 Å². The Hall–Kier alpha value is -1.22. The third-order valence-corrected chi connectivity index (χ3v) is 4.45. The van der Waals surface area contributed by atoms with Crippen LogP contribution in [-0.4, -0.2) is 16.2 Å². The van der Waals surface area contributed by atoms with Crippen LogP contribution >= 0.6 is 46.1 Å². The van der Waals surface area contributed by atoms with Gasteiger partial charge in [0, 0.05) is 21.3 Å². The number of phenols is 1. The zero-order chi connectivity index (χ0) is 17.1. The number of nitrogens with zero attached hydrogens (tertiary/aromatic N) is 1. The predicted molar refractivity (Wildman–Crippen MR) is 101 cm³/mol. The summed E-state index contributed by atoms with van der Waals surface area (Å²) in [4.78, 5) is 12.3. The number of carbonyl (C=O) groups is 1. The molecule has 0 bridgehead atoms. The monoisotopic (exact) mass is 466 g/mol. The van der Waals surface area contributed by atoms with Crippen LogP contribution in [-0.2, 0) is 0 Å². The Bertz CT molecular complexity index is 723. The van der Waals surface area contributed by atoms with Gasteiger partial charge < -0.3 is 15.5 Å². The van der Waals surface area contributed by atoms with Gasteiger partial charge in [0.25, 0.3) is 0 Å². The minimum atomic E-state index is -0.920. The number of urea groups is 1. The third-order valence-electron chi connectivity index (χ3n) is 3.02. The summed E-state index contributed by atoms with van der Waals surface area (Å²) in [6.07, 6.45) is -0.920. The standard InChI is InChI=1S/C15H13Cl2IN2O3/c1-8(21)12-6-10(17)7-13(14(12)22)20(18)15(23)19-11-4-2-9(16)3-5-11/h2-8,21-22H,1H3,(H,19,23). The van der Waals surface area contributed by atoms with Crippen molar-refractivity contribution >= 4 is 63.5 Å². The van der Waals surface area contributed by atoms with E-state index in [-0.39, 0.29) is 17.0 Å². The lowest BCUT2D eigenvalue weighted by Gasteiger charge is -2.20. The molecule has 8 heteroatoms. The number of benzene rings is 2. The molecule has 1 unspecified atom stereocenters. The van der Waals surface area contributed by atoms with Gasteiger partial charge in [-0.15, -0.1) is 0 Å². The van der Waals surface area contributed by atoms with E-state index in [0.29, 0.717) is 15.7 Å². The lowest BCUT2D eigenvalue weighted by Crippen LogP contribution is -2.26. The number of carbonyl (C=O) groups excluding carboxylic acids is 1. The summed E-state index contributed by atoms with van der Waals surface area (Å²) in [5.74, 6) is -0.204. The van der Waals surface area contributed by atoms with Crippen LogP contribution in [0.25, 0.3) is 0 Å². The molecule has 0 spiro atoms. The number of rotatable bonds is 3. The highest BCUT2D eigenvalue weighted by atomic mass is 127. The molecule has 0 saturated heterocycles. The number of aliphatic hydroxyl groups is 1. The van der Waals surface area contributed by atoms with E-state index < -0.39 is 12.1 Å². The fourth-order valence-corrected chi connectivity index (χ4v) is 2.72. The van der Waals surface area contributed by atoms with Gasteiger partial charge in [0.2, 0.25) is 0 Å². The molecule has 23 heavy (non-hydrogen) atoms. The molecule has 2 aromatic carbocycles. The van der Waals surface area contributed by atoms with Crippen LogP contribution in [0.1, 0.15) is 18.6 Å². The SMILES string of the molecule is CC(O)c1cc(Cl)cc(N(I)C(=O)Nc2ccc(Cl)cc2)c1O. The highest BCUT2D eigenvalue weighted by molar-refractivity contribution is 14.1. The zero-order valence-corrected chi connectivity index (χ0v) is 15.6. The number of anilines is 2. The first-order chi connectivity index (χ1) is 10.8. The van der Waals surface area contributed by atoms with Crippen molar-refractivity contribution in [2.75, 3.05) is 8.43 Å². The van der Waals surface area contributed by atoms with Crippen molar-refractivity contribution in [2.45, 2.75) is 13.0 Å². The second-order valence-electron chi connectivity index (χ2n) is 4.76. The van der Waals surface area contributed by atoms with Crippen LogP contribution in [0.5, 0.6) is 5.75 Å². The van der Waals surface area contributed by atoms with Crippen molar-refractivity contribution in [1.82, 2.24) is 0 Å². The first-order valence-corrected chi connectivity index (χ1v) is 8.24. The Morgan fingerprint density at radius 3 is 2.39 bits per heavy atom. The second kappa shape index (κ2) is 7.57. The summed E-state index contributed by atoms with van der Waals surface area (Å²) >= 11 is 13.5. The van der Waals surface area contributed by atoms with Crippen molar-refractivity contribution in [1.29, 1.82) is 0 Å². The molecule has 0 aliphatic rings.